The maximum Gasteiger partial charge on any atom is 0.232 e. The first-order chi connectivity index (χ1) is 7.88. The highest BCUT2D eigenvalue weighted by Gasteiger charge is 2.35. The molecule has 0 aromatic rings. The summed E-state index contributed by atoms with van der Waals surface area (Å²) in [5, 5.41) is 0. The van der Waals surface area contributed by atoms with Crippen LogP contribution in [0.3, 0.4) is 0 Å². The van der Waals surface area contributed by atoms with E-state index in [9.17, 15) is 4.79 Å². The van der Waals surface area contributed by atoms with Crippen molar-refractivity contribution in [3.63, 3.8) is 0 Å². The Morgan fingerprint density at radius 2 is 2.06 bits per heavy atom. The summed E-state index contributed by atoms with van der Waals surface area (Å²) < 4.78 is 0. The van der Waals surface area contributed by atoms with Gasteiger partial charge in [-0.05, 0) is 31.6 Å². The van der Waals surface area contributed by atoms with Gasteiger partial charge in [-0.3, -0.25) is 4.79 Å². The molecule has 1 heterocycles. The van der Waals surface area contributed by atoms with Crippen LogP contribution in [-0.2, 0) is 4.79 Å². The molecule has 17 heavy (non-hydrogen) atoms. The molecule has 1 rings (SSSR count). The number of rotatable bonds is 3. The van der Waals surface area contributed by atoms with Crippen molar-refractivity contribution >= 4 is 23.1 Å². The highest BCUT2D eigenvalue weighted by molar-refractivity contribution is 7.80. The standard InChI is InChI=1S/C13H24N2OS/c1-5-11(12(14)17)13(16)15-7-8(2)6-9(3)10(15)4/h8-11H,5-7H2,1-4H3,(H2,14,17). The molecule has 0 spiro atoms. The number of nitrogens with zero attached hydrogens (tertiary/aromatic N) is 1. The number of carbonyl (C=O) groups excluding carboxylic acids is 1. The predicted molar refractivity (Wildman–Crippen MR) is 74.7 cm³/mol. The van der Waals surface area contributed by atoms with E-state index in [1.54, 1.807) is 0 Å². The molecule has 0 aromatic carbocycles. The molecule has 0 bridgehead atoms. The van der Waals surface area contributed by atoms with Gasteiger partial charge in [0.05, 0.1) is 10.9 Å². The Balaban J connectivity index is 2.82. The molecule has 0 saturated carbocycles. The largest absolute Gasteiger partial charge is 0.393 e. The van der Waals surface area contributed by atoms with Crippen LogP contribution in [0.5, 0.6) is 0 Å². The number of hydrogen-bond donors (Lipinski definition) is 1. The molecule has 0 aromatic heterocycles. The summed E-state index contributed by atoms with van der Waals surface area (Å²) in [4.78, 5) is 14.7. The Bertz CT molecular complexity index is 306. The molecular formula is C13H24N2OS. The highest BCUT2D eigenvalue weighted by atomic mass is 32.1. The minimum Gasteiger partial charge on any atom is -0.393 e. The molecule has 4 atom stereocenters. The molecule has 0 radical (unpaired) electrons. The summed E-state index contributed by atoms with van der Waals surface area (Å²) in [5.74, 6) is 0.941. The lowest BCUT2D eigenvalue weighted by atomic mass is 9.85. The fourth-order valence-electron chi connectivity index (χ4n) is 2.70. The van der Waals surface area contributed by atoms with Crippen LogP contribution in [0.2, 0.25) is 0 Å². The van der Waals surface area contributed by atoms with Crippen molar-refractivity contribution in [3.8, 4) is 0 Å². The Morgan fingerprint density at radius 1 is 1.47 bits per heavy atom. The number of thiocarbonyl (C=S) groups is 1. The van der Waals surface area contributed by atoms with Crippen LogP contribution in [0.4, 0.5) is 0 Å². The number of hydrogen-bond acceptors (Lipinski definition) is 2. The van der Waals surface area contributed by atoms with Crippen LogP contribution < -0.4 is 5.73 Å². The van der Waals surface area contributed by atoms with E-state index in [2.05, 4.69) is 20.8 Å². The van der Waals surface area contributed by atoms with E-state index >= 15 is 0 Å². The van der Waals surface area contributed by atoms with Gasteiger partial charge in [0.15, 0.2) is 0 Å². The van der Waals surface area contributed by atoms with E-state index in [-0.39, 0.29) is 11.8 Å². The Hall–Kier alpha value is -0.640. The van der Waals surface area contributed by atoms with Crippen molar-refractivity contribution < 1.29 is 4.79 Å². The fourth-order valence-corrected chi connectivity index (χ4v) is 2.97. The van der Waals surface area contributed by atoms with Crippen LogP contribution in [0.1, 0.15) is 40.5 Å². The summed E-state index contributed by atoms with van der Waals surface area (Å²) in [7, 11) is 0. The van der Waals surface area contributed by atoms with Gasteiger partial charge in [-0.15, -0.1) is 0 Å². The third-order valence-corrected chi connectivity index (χ3v) is 4.22. The van der Waals surface area contributed by atoms with Crippen molar-refractivity contribution in [2.24, 2.45) is 23.5 Å². The van der Waals surface area contributed by atoms with Crippen molar-refractivity contribution in [1.29, 1.82) is 0 Å². The van der Waals surface area contributed by atoms with Crippen molar-refractivity contribution in [1.82, 2.24) is 4.90 Å². The molecule has 0 aliphatic carbocycles. The van der Waals surface area contributed by atoms with Gasteiger partial charge in [0.25, 0.3) is 0 Å². The van der Waals surface area contributed by atoms with Crippen molar-refractivity contribution in [3.05, 3.63) is 0 Å². The minimum absolute atomic E-state index is 0.117. The van der Waals surface area contributed by atoms with Crippen LogP contribution >= 0.6 is 12.2 Å². The van der Waals surface area contributed by atoms with Crippen LogP contribution in [0.15, 0.2) is 0 Å². The number of nitrogens with two attached hydrogens (primary N) is 1. The third kappa shape index (κ3) is 3.18. The zero-order valence-corrected chi connectivity index (χ0v) is 12.1. The molecule has 1 fully saturated rings. The molecule has 3 nitrogen and oxygen atoms in total. The summed E-state index contributed by atoms with van der Waals surface area (Å²) in [5.41, 5.74) is 5.65. The van der Waals surface area contributed by atoms with Gasteiger partial charge in [0, 0.05) is 12.6 Å². The van der Waals surface area contributed by atoms with E-state index in [4.69, 9.17) is 18.0 Å². The van der Waals surface area contributed by atoms with Crippen LogP contribution in [0.25, 0.3) is 0 Å². The molecule has 1 aliphatic rings. The molecule has 1 amide bonds. The first-order valence-corrected chi connectivity index (χ1v) is 6.89. The molecule has 4 unspecified atom stereocenters. The molecule has 1 aliphatic heterocycles. The predicted octanol–water partition coefficient (Wildman–Crippen LogP) is 2.19. The first-order valence-electron chi connectivity index (χ1n) is 6.48. The molecule has 1 saturated heterocycles. The molecular weight excluding hydrogens is 232 g/mol. The first kappa shape index (κ1) is 14.4. The topological polar surface area (TPSA) is 46.3 Å². The zero-order valence-electron chi connectivity index (χ0n) is 11.3. The van der Waals surface area contributed by atoms with Gasteiger partial charge in [0.2, 0.25) is 5.91 Å². The maximum atomic E-state index is 12.4. The van der Waals surface area contributed by atoms with E-state index < -0.39 is 0 Å². The second-order valence-electron chi connectivity index (χ2n) is 5.41. The molecule has 4 heteroatoms. The van der Waals surface area contributed by atoms with Gasteiger partial charge >= 0.3 is 0 Å². The lowest BCUT2D eigenvalue weighted by Crippen LogP contribution is -2.52. The number of carbonyl (C=O) groups is 1. The summed E-state index contributed by atoms with van der Waals surface area (Å²) in [6.07, 6.45) is 1.88. The molecule has 2 N–H and O–H groups in total. The monoisotopic (exact) mass is 256 g/mol. The smallest absolute Gasteiger partial charge is 0.232 e. The molecule has 98 valence electrons. The number of likely N-dealkylation sites (tertiary alicyclic amines) is 1. The van der Waals surface area contributed by atoms with Crippen LogP contribution in [-0.4, -0.2) is 28.4 Å². The quantitative estimate of drug-likeness (QED) is 0.787. The fraction of sp³-hybridized carbons (Fsp3) is 0.846. The average molecular weight is 256 g/mol. The van der Waals surface area contributed by atoms with E-state index in [0.717, 1.165) is 6.54 Å². The summed E-state index contributed by atoms with van der Waals surface area (Å²) in [6, 6.07) is 0.294. The van der Waals surface area contributed by atoms with Gasteiger partial charge in [-0.2, -0.15) is 0 Å². The second-order valence-corrected chi connectivity index (χ2v) is 5.88. The Kier molecular flexibility index (Phi) is 4.92. The highest BCUT2D eigenvalue weighted by Crippen LogP contribution is 2.28. The third-order valence-electron chi connectivity index (χ3n) is 3.93. The lowest BCUT2D eigenvalue weighted by molar-refractivity contribution is -0.139. The Labute approximate surface area is 110 Å². The minimum atomic E-state index is -0.287. The van der Waals surface area contributed by atoms with Crippen molar-refractivity contribution in [2.75, 3.05) is 6.54 Å². The van der Waals surface area contributed by atoms with Gasteiger partial charge < -0.3 is 10.6 Å². The van der Waals surface area contributed by atoms with E-state index in [0.29, 0.717) is 29.3 Å². The number of amides is 1. The summed E-state index contributed by atoms with van der Waals surface area (Å²) >= 11 is 4.99. The van der Waals surface area contributed by atoms with Crippen molar-refractivity contribution in [2.45, 2.75) is 46.6 Å². The number of piperidine rings is 1. The van der Waals surface area contributed by atoms with Gasteiger partial charge in [0.1, 0.15) is 0 Å². The Morgan fingerprint density at radius 3 is 2.53 bits per heavy atom. The van der Waals surface area contributed by atoms with E-state index in [1.807, 2.05) is 11.8 Å². The SMILES string of the molecule is CCC(C(=O)N1CC(C)CC(C)C1C)C(N)=S. The second kappa shape index (κ2) is 5.80. The van der Waals surface area contributed by atoms with E-state index in [1.165, 1.54) is 6.42 Å². The van der Waals surface area contributed by atoms with Crippen LogP contribution in [0, 0.1) is 17.8 Å². The van der Waals surface area contributed by atoms with Gasteiger partial charge in [-0.1, -0.05) is 33.0 Å². The summed E-state index contributed by atoms with van der Waals surface area (Å²) in [6.45, 7) is 9.33. The zero-order chi connectivity index (χ0) is 13.2. The van der Waals surface area contributed by atoms with Gasteiger partial charge in [-0.25, -0.2) is 0 Å². The lowest BCUT2D eigenvalue weighted by Gasteiger charge is -2.42. The normalized spacial score (nSPS) is 31.1. The average Bonchev–Trinajstić information content (AvgIpc) is 2.23. The maximum absolute atomic E-state index is 12.4.